The lowest BCUT2D eigenvalue weighted by Crippen LogP contribution is -2.16. The van der Waals surface area contributed by atoms with Crippen LogP contribution in [0.3, 0.4) is 0 Å². The lowest BCUT2D eigenvalue weighted by molar-refractivity contribution is -0.141. The maximum Gasteiger partial charge on any atom is 0.307 e. The van der Waals surface area contributed by atoms with Gasteiger partial charge in [0.15, 0.2) is 0 Å². The van der Waals surface area contributed by atoms with E-state index >= 15 is 0 Å². The summed E-state index contributed by atoms with van der Waals surface area (Å²) in [5.41, 5.74) is 9.51. The first-order chi connectivity index (χ1) is 10.7. The van der Waals surface area contributed by atoms with E-state index in [1.165, 1.54) is 28.9 Å². The zero-order chi connectivity index (χ0) is 15.7. The molecule has 3 aromatic rings. The van der Waals surface area contributed by atoms with Crippen LogP contribution in [0.25, 0.3) is 21.8 Å². The molecule has 4 nitrogen and oxygen atoms in total. The first-order valence-electron chi connectivity index (χ1n) is 7.49. The standard InChI is InChI=1S/C18H20N2O2/c1-3-20-16-7-5-4-6-13(16)14-10-12(8-9-17(14)20)15(19)11-18(21)22-2/h4-10,15H,3,11,19H2,1-2H3/t15-/m0/s1. The largest absolute Gasteiger partial charge is 0.469 e. The summed E-state index contributed by atoms with van der Waals surface area (Å²) in [5, 5.41) is 2.39. The zero-order valence-corrected chi connectivity index (χ0v) is 12.9. The molecule has 0 bridgehead atoms. The highest BCUT2D eigenvalue weighted by Crippen LogP contribution is 2.31. The number of hydrogen-bond donors (Lipinski definition) is 1. The Balaban J connectivity index is 2.13. The van der Waals surface area contributed by atoms with Crippen molar-refractivity contribution in [1.29, 1.82) is 0 Å². The van der Waals surface area contributed by atoms with Gasteiger partial charge in [-0.2, -0.15) is 0 Å². The maximum absolute atomic E-state index is 11.4. The van der Waals surface area contributed by atoms with Crippen molar-refractivity contribution in [2.24, 2.45) is 5.73 Å². The minimum absolute atomic E-state index is 0.189. The highest BCUT2D eigenvalue weighted by molar-refractivity contribution is 6.08. The molecule has 2 aromatic carbocycles. The van der Waals surface area contributed by atoms with Gasteiger partial charge in [0.05, 0.1) is 13.5 Å². The molecular formula is C18H20N2O2. The van der Waals surface area contributed by atoms with Crippen LogP contribution < -0.4 is 5.73 Å². The number of hydrogen-bond acceptors (Lipinski definition) is 3. The summed E-state index contributed by atoms with van der Waals surface area (Å²) in [5.74, 6) is -0.288. The SMILES string of the molecule is CCn1c2ccccc2c2cc([C@@H](N)CC(=O)OC)ccc21. The molecule has 0 spiro atoms. The molecule has 0 amide bonds. The molecule has 1 heterocycles. The van der Waals surface area contributed by atoms with Crippen molar-refractivity contribution >= 4 is 27.8 Å². The first-order valence-corrected chi connectivity index (χ1v) is 7.49. The number of ether oxygens (including phenoxy) is 1. The van der Waals surface area contributed by atoms with Crippen LogP contribution in [0.5, 0.6) is 0 Å². The molecule has 1 atom stereocenters. The number of nitrogens with two attached hydrogens (primary N) is 1. The van der Waals surface area contributed by atoms with Gasteiger partial charge in [0, 0.05) is 34.4 Å². The number of para-hydroxylation sites is 1. The second kappa shape index (κ2) is 5.81. The van der Waals surface area contributed by atoms with Gasteiger partial charge in [-0.05, 0) is 30.7 Å². The molecule has 0 saturated heterocycles. The molecule has 3 rings (SSSR count). The van der Waals surface area contributed by atoms with Crippen LogP contribution in [0.2, 0.25) is 0 Å². The van der Waals surface area contributed by atoms with Crippen LogP contribution in [-0.2, 0) is 16.1 Å². The highest BCUT2D eigenvalue weighted by atomic mass is 16.5. The van der Waals surface area contributed by atoms with Gasteiger partial charge >= 0.3 is 5.97 Å². The van der Waals surface area contributed by atoms with E-state index in [0.29, 0.717) is 0 Å². The fourth-order valence-electron chi connectivity index (χ4n) is 3.02. The Morgan fingerprint density at radius 3 is 2.64 bits per heavy atom. The third kappa shape index (κ3) is 2.35. The summed E-state index contributed by atoms with van der Waals surface area (Å²) in [6.45, 7) is 3.06. The minimum Gasteiger partial charge on any atom is -0.469 e. The molecule has 0 fully saturated rings. The van der Waals surface area contributed by atoms with Gasteiger partial charge in [0.2, 0.25) is 0 Å². The van der Waals surface area contributed by atoms with Gasteiger partial charge in [-0.1, -0.05) is 24.3 Å². The number of methoxy groups -OCH3 is 1. The second-order valence-electron chi connectivity index (χ2n) is 5.42. The zero-order valence-electron chi connectivity index (χ0n) is 12.9. The number of benzene rings is 2. The quantitative estimate of drug-likeness (QED) is 0.751. The smallest absolute Gasteiger partial charge is 0.307 e. The molecule has 0 aliphatic carbocycles. The average Bonchev–Trinajstić information content (AvgIpc) is 2.87. The highest BCUT2D eigenvalue weighted by Gasteiger charge is 2.15. The van der Waals surface area contributed by atoms with E-state index in [0.717, 1.165) is 12.1 Å². The van der Waals surface area contributed by atoms with Crippen LogP contribution in [0.4, 0.5) is 0 Å². The van der Waals surface area contributed by atoms with E-state index in [1.54, 1.807) is 0 Å². The van der Waals surface area contributed by atoms with Crippen molar-refractivity contribution in [1.82, 2.24) is 4.57 Å². The number of esters is 1. The number of aryl methyl sites for hydroxylation is 1. The van der Waals surface area contributed by atoms with E-state index < -0.39 is 0 Å². The molecule has 0 radical (unpaired) electrons. The number of aromatic nitrogens is 1. The molecule has 4 heteroatoms. The number of fused-ring (bicyclic) bond motifs is 3. The maximum atomic E-state index is 11.4. The molecule has 0 aliphatic rings. The average molecular weight is 296 g/mol. The number of rotatable bonds is 4. The summed E-state index contributed by atoms with van der Waals surface area (Å²) in [6, 6.07) is 14.2. The van der Waals surface area contributed by atoms with Gasteiger partial charge in [-0.25, -0.2) is 0 Å². The molecule has 0 saturated carbocycles. The molecule has 0 unspecified atom stereocenters. The number of nitrogens with zero attached hydrogens (tertiary/aromatic N) is 1. The van der Waals surface area contributed by atoms with Gasteiger partial charge in [-0.15, -0.1) is 0 Å². The molecule has 0 aliphatic heterocycles. The summed E-state index contributed by atoms with van der Waals surface area (Å²) in [4.78, 5) is 11.4. The number of carbonyl (C=O) groups excluding carboxylic acids is 1. The number of carbonyl (C=O) groups is 1. The third-order valence-corrected chi connectivity index (χ3v) is 4.16. The van der Waals surface area contributed by atoms with Crippen molar-refractivity contribution in [3.8, 4) is 0 Å². The Morgan fingerprint density at radius 1 is 1.18 bits per heavy atom. The van der Waals surface area contributed by atoms with Crippen LogP contribution in [0, 0.1) is 0 Å². The molecule has 2 N–H and O–H groups in total. The Bertz CT molecular complexity index is 836. The van der Waals surface area contributed by atoms with Gasteiger partial charge in [0.1, 0.15) is 0 Å². The van der Waals surface area contributed by atoms with E-state index in [2.05, 4.69) is 41.8 Å². The predicted molar refractivity (Wildman–Crippen MR) is 88.7 cm³/mol. The predicted octanol–water partition coefficient (Wildman–Crippen LogP) is 3.38. The summed E-state index contributed by atoms with van der Waals surface area (Å²) >= 11 is 0. The normalized spacial score (nSPS) is 12.7. The fraction of sp³-hybridized carbons (Fsp3) is 0.278. The summed E-state index contributed by atoms with van der Waals surface area (Å²) < 4.78 is 6.99. The Morgan fingerprint density at radius 2 is 1.91 bits per heavy atom. The lowest BCUT2D eigenvalue weighted by atomic mass is 10.0. The van der Waals surface area contributed by atoms with Gasteiger partial charge < -0.3 is 15.0 Å². The molecule has 114 valence electrons. The van der Waals surface area contributed by atoms with Crippen molar-refractivity contribution in [2.75, 3.05) is 7.11 Å². The van der Waals surface area contributed by atoms with Gasteiger partial charge in [0.25, 0.3) is 0 Å². The van der Waals surface area contributed by atoms with Crippen LogP contribution in [0.15, 0.2) is 42.5 Å². The first kappa shape index (κ1) is 14.6. The molecule has 1 aromatic heterocycles. The third-order valence-electron chi connectivity index (χ3n) is 4.16. The Hall–Kier alpha value is -2.33. The monoisotopic (exact) mass is 296 g/mol. The molecular weight excluding hydrogens is 276 g/mol. The Labute approximate surface area is 129 Å². The molecule has 22 heavy (non-hydrogen) atoms. The van der Waals surface area contributed by atoms with Crippen LogP contribution in [0.1, 0.15) is 24.9 Å². The van der Waals surface area contributed by atoms with Crippen molar-refractivity contribution in [2.45, 2.75) is 25.9 Å². The second-order valence-corrected chi connectivity index (χ2v) is 5.42. The summed E-state index contributed by atoms with van der Waals surface area (Å²) in [7, 11) is 1.38. The van der Waals surface area contributed by atoms with E-state index in [-0.39, 0.29) is 18.4 Å². The van der Waals surface area contributed by atoms with E-state index in [4.69, 9.17) is 10.5 Å². The van der Waals surface area contributed by atoms with Crippen molar-refractivity contribution in [3.63, 3.8) is 0 Å². The van der Waals surface area contributed by atoms with Crippen molar-refractivity contribution in [3.05, 3.63) is 48.0 Å². The topological polar surface area (TPSA) is 57.2 Å². The van der Waals surface area contributed by atoms with Crippen LogP contribution >= 0.6 is 0 Å². The lowest BCUT2D eigenvalue weighted by Gasteiger charge is -2.11. The minimum atomic E-state index is -0.347. The summed E-state index contributed by atoms with van der Waals surface area (Å²) in [6.07, 6.45) is 0.189. The van der Waals surface area contributed by atoms with Crippen LogP contribution in [-0.4, -0.2) is 17.6 Å². The van der Waals surface area contributed by atoms with E-state index in [9.17, 15) is 4.79 Å². The van der Waals surface area contributed by atoms with E-state index in [1.807, 2.05) is 12.1 Å². The van der Waals surface area contributed by atoms with Gasteiger partial charge in [-0.3, -0.25) is 4.79 Å². The Kier molecular flexibility index (Phi) is 3.86. The fourth-order valence-corrected chi connectivity index (χ4v) is 3.02. The van der Waals surface area contributed by atoms with Crippen molar-refractivity contribution < 1.29 is 9.53 Å².